The van der Waals surface area contributed by atoms with E-state index in [1.165, 1.54) is 12.1 Å². The van der Waals surface area contributed by atoms with Crippen LogP contribution in [-0.4, -0.2) is 11.7 Å². The highest BCUT2D eigenvalue weighted by Crippen LogP contribution is 2.34. The second-order valence-electron chi connectivity index (χ2n) is 4.80. The summed E-state index contributed by atoms with van der Waals surface area (Å²) in [6.07, 6.45) is -0.765. The zero-order valence-corrected chi connectivity index (χ0v) is 12.8. The first-order valence-electron chi connectivity index (χ1n) is 6.43. The number of aliphatic hydroxyl groups is 1. The Morgan fingerprint density at radius 1 is 1.25 bits per heavy atom. The third kappa shape index (κ3) is 3.08. The Morgan fingerprint density at radius 3 is 2.60 bits per heavy atom. The molecule has 20 heavy (non-hydrogen) atoms. The Labute approximate surface area is 126 Å². The van der Waals surface area contributed by atoms with Crippen LogP contribution in [0.25, 0.3) is 0 Å². The van der Waals surface area contributed by atoms with Crippen molar-refractivity contribution in [1.82, 2.24) is 0 Å². The zero-order valence-electron chi connectivity index (χ0n) is 11.2. The first-order chi connectivity index (χ1) is 9.54. The van der Waals surface area contributed by atoms with Crippen molar-refractivity contribution in [3.63, 3.8) is 0 Å². The van der Waals surface area contributed by atoms with E-state index in [2.05, 4.69) is 15.9 Å². The van der Waals surface area contributed by atoms with Gasteiger partial charge in [0.2, 0.25) is 0 Å². The summed E-state index contributed by atoms with van der Waals surface area (Å²) in [6.45, 7) is 2.18. The fourth-order valence-corrected chi connectivity index (χ4v) is 2.73. The minimum atomic E-state index is -0.765. The molecule has 0 aliphatic heterocycles. The molecule has 0 heterocycles. The van der Waals surface area contributed by atoms with Crippen LogP contribution in [0.2, 0.25) is 0 Å². The molecule has 2 aromatic rings. The van der Waals surface area contributed by atoms with Gasteiger partial charge >= 0.3 is 0 Å². The van der Waals surface area contributed by atoms with Gasteiger partial charge in [-0.1, -0.05) is 40.2 Å². The highest BCUT2D eigenvalue weighted by atomic mass is 79.9. The first-order valence-corrected chi connectivity index (χ1v) is 7.22. The molecular formula is C16H17BrFNO. The Hall–Kier alpha value is -1.23. The van der Waals surface area contributed by atoms with Crippen molar-refractivity contribution in [3.8, 4) is 0 Å². The summed E-state index contributed by atoms with van der Waals surface area (Å²) in [4.78, 5) is 0. The number of aliphatic hydroxyl groups excluding tert-OH is 1. The minimum absolute atomic E-state index is 0.247. The number of hydrogen-bond donors (Lipinski definition) is 2. The van der Waals surface area contributed by atoms with Gasteiger partial charge in [0.15, 0.2) is 0 Å². The summed E-state index contributed by atoms with van der Waals surface area (Å²) >= 11 is 3.45. The predicted octanol–water partition coefficient (Wildman–Crippen LogP) is 3.67. The highest BCUT2D eigenvalue weighted by Gasteiger charge is 2.23. The van der Waals surface area contributed by atoms with E-state index < -0.39 is 6.10 Å². The molecule has 0 fully saturated rings. The summed E-state index contributed by atoms with van der Waals surface area (Å²) < 4.78 is 14.3. The average molecular weight is 338 g/mol. The van der Waals surface area contributed by atoms with Crippen LogP contribution in [0.3, 0.4) is 0 Å². The van der Waals surface area contributed by atoms with Crippen molar-refractivity contribution in [2.45, 2.75) is 18.9 Å². The molecule has 2 nitrogen and oxygen atoms in total. The summed E-state index contributed by atoms with van der Waals surface area (Å²) in [6, 6.07) is 11.9. The Bertz CT molecular complexity index is 603. The van der Waals surface area contributed by atoms with E-state index in [0.29, 0.717) is 5.56 Å². The van der Waals surface area contributed by atoms with E-state index in [-0.39, 0.29) is 18.3 Å². The maximum absolute atomic E-state index is 13.3. The zero-order chi connectivity index (χ0) is 14.7. The molecule has 2 rings (SSSR count). The van der Waals surface area contributed by atoms with Crippen molar-refractivity contribution in [2.24, 2.45) is 5.73 Å². The van der Waals surface area contributed by atoms with Gasteiger partial charge in [0.05, 0.1) is 6.10 Å². The molecule has 0 aliphatic carbocycles. The smallest absolute Gasteiger partial charge is 0.123 e. The molecule has 0 aliphatic rings. The standard InChI is InChI=1S/C16H17BrFNO/c1-10-13(6-3-7-15(10)17)16(20)14(9-19)11-4-2-5-12(18)8-11/h2-8,14,16,20H,9,19H2,1H3. The van der Waals surface area contributed by atoms with Crippen LogP contribution in [0.5, 0.6) is 0 Å². The van der Waals surface area contributed by atoms with Gasteiger partial charge in [-0.05, 0) is 41.8 Å². The lowest BCUT2D eigenvalue weighted by Gasteiger charge is -2.24. The minimum Gasteiger partial charge on any atom is -0.388 e. The van der Waals surface area contributed by atoms with Crippen LogP contribution < -0.4 is 5.73 Å². The molecule has 0 bridgehead atoms. The second-order valence-corrected chi connectivity index (χ2v) is 5.65. The lowest BCUT2D eigenvalue weighted by Crippen LogP contribution is -2.21. The summed E-state index contributed by atoms with van der Waals surface area (Å²) in [5.41, 5.74) is 8.27. The van der Waals surface area contributed by atoms with Gasteiger partial charge in [-0.15, -0.1) is 0 Å². The van der Waals surface area contributed by atoms with E-state index in [1.54, 1.807) is 12.1 Å². The van der Waals surface area contributed by atoms with Crippen LogP contribution in [0, 0.1) is 12.7 Å². The summed E-state index contributed by atoms with van der Waals surface area (Å²) in [7, 11) is 0. The molecule has 4 heteroatoms. The van der Waals surface area contributed by atoms with Crippen molar-refractivity contribution in [1.29, 1.82) is 0 Å². The van der Waals surface area contributed by atoms with Gasteiger partial charge in [-0.3, -0.25) is 0 Å². The number of benzene rings is 2. The van der Waals surface area contributed by atoms with Crippen LogP contribution in [-0.2, 0) is 0 Å². The normalized spacial score (nSPS) is 14.1. The lowest BCUT2D eigenvalue weighted by atomic mass is 9.87. The van der Waals surface area contributed by atoms with Crippen molar-refractivity contribution in [2.75, 3.05) is 6.54 Å². The van der Waals surface area contributed by atoms with Crippen molar-refractivity contribution in [3.05, 3.63) is 69.4 Å². The number of nitrogens with two attached hydrogens (primary N) is 1. The molecule has 3 N–H and O–H groups in total. The van der Waals surface area contributed by atoms with Gasteiger partial charge < -0.3 is 10.8 Å². The molecule has 0 aromatic heterocycles. The number of rotatable bonds is 4. The summed E-state index contributed by atoms with van der Waals surface area (Å²) in [5.74, 6) is -0.655. The highest BCUT2D eigenvalue weighted by molar-refractivity contribution is 9.10. The Kier molecular flexibility index (Phi) is 4.91. The van der Waals surface area contributed by atoms with E-state index in [1.807, 2.05) is 25.1 Å². The molecule has 0 saturated heterocycles. The van der Waals surface area contributed by atoms with Gasteiger partial charge in [0.1, 0.15) is 5.82 Å². The van der Waals surface area contributed by atoms with E-state index in [4.69, 9.17) is 5.73 Å². The van der Waals surface area contributed by atoms with E-state index in [9.17, 15) is 9.50 Å². The topological polar surface area (TPSA) is 46.2 Å². The van der Waals surface area contributed by atoms with E-state index >= 15 is 0 Å². The van der Waals surface area contributed by atoms with Gasteiger partial charge in [-0.25, -0.2) is 4.39 Å². The summed E-state index contributed by atoms with van der Waals surface area (Å²) in [5, 5.41) is 10.6. The first kappa shape index (κ1) is 15.2. The molecule has 2 atom stereocenters. The molecule has 2 aromatic carbocycles. The maximum Gasteiger partial charge on any atom is 0.123 e. The Morgan fingerprint density at radius 2 is 1.95 bits per heavy atom. The molecule has 0 radical (unpaired) electrons. The Balaban J connectivity index is 2.39. The molecule has 0 spiro atoms. The monoisotopic (exact) mass is 337 g/mol. The molecule has 0 saturated carbocycles. The molecule has 106 valence electrons. The second kappa shape index (κ2) is 6.48. The molecular weight excluding hydrogens is 321 g/mol. The fourth-order valence-electron chi connectivity index (χ4n) is 2.35. The molecule has 0 amide bonds. The third-order valence-corrected chi connectivity index (χ3v) is 4.40. The third-order valence-electron chi connectivity index (χ3n) is 3.54. The average Bonchev–Trinajstić information content (AvgIpc) is 2.42. The largest absolute Gasteiger partial charge is 0.388 e. The lowest BCUT2D eigenvalue weighted by molar-refractivity contribution is 0.146. The predicted molar refractivity (Wildman–Crippen MR) is 82.0 cm³/mol. The SMILES string of the molecule is Cc1c(Br)cccc1C(O)C(CN)c1cccc(F)c1. The van der Waals surface area contributed by atoms with E-state index in [0.717, 1.165) is 15.6 Å². The van der Waals surface area contributed by atoms with Crippen LogP contribution >= 0.6 is 15.9 Å². The number of halogens is 2. The van der Waals surface area contributed by atoms with Gasteiger partial charge in [0.25, 0.3) is 0 Å². The fraction of sp³-hybridized carbons (Fsp3) is 0.250. The van der Waals surface area contributed by atoms with Crippen LogP contribution in [0.15, 0.2) is 46.9 Å². The maximum atomic E-state index is 13.3. The van der Waals surface area contributed by atoms with Crippen molar-refractivity contribution < 1.29 is 9.50 Å². The van der Waals surface area contributed by atoms with Crippen molar-refractivity contribution >= 4 is 15.9 Å². The van der Waals surface area contributed by atoms with Crippen LogP contribution in [0.1, 0.15) is 28.7 Å². The quantitative estimate of drug-likeness (QED) is 0.893. The van der Waals surface area contributed by atoms with Crippen LogP contribution in [0.4, 0.5) is 4.39 Å². The van der Waals surface area contributed by atoms with Gasteiger partial charge in [0, 0.05) is 16.9 Å². The molecule has 2 unspecified atom stereocenters. The van der Waals surface area contributed by atoms with Gasteiger partial charge in [-0.2, -0.15) is 0 Å². The number of hydrogen-bond acceptors (Lipinski definition) is 2.